The first kappa shape index (κ1) is 18.8. The monoisotopic (exact) mass is 381 g/mol. The van der Waals surface area contributed by atoms with Crippen molar-refractivity contribution in [1.82, 2.24) is 5.32 Å². The van der Waals surface area contributed by atoms with Crippen LogP contribution >= 0.6 is 11.8 Å². The molecule has 1 saturated heterocycles. The van der Waals surface area contributed by atoms with E-state index in [4.69, 9.17) is 5.11 Å². The highest BCUT2D eigenvalue weighted by molar-refractivity contribution is 8.15. The number of thioether (sulfide) groups is 1. The molecule has 6 nitrogen and oxygen atoms in total. The predicted molar refractivity (Wildman–Crippen MR) is 78.2 cm³/mol. The summed E-state index contributed by atoms with van der Waals surface area (Å²) in [5, 5.41) is 16.7. The molecular formula is C13H8F5N3O3S. The maximum absolute atomic E-state index is 13.6. The summed E-state index contributed by atoms with van der Waals surface area (Å²) in [5.41, 5.74) is -2.32. The molecule has 1 atom stereocenters. The normalized spacial score (nSPS) is 19.6. The van der Waals surface area contributed by atoms with Gasteiger partial charge in [-0.3, -0.25) is 9.59 Å². The van der Waals surface area contributed by atoms with Crippen LogP contribution in [0.1, 0.15) is 17.5 Å². The van der Waals surface area contributed by atoms with Crippen molar-refractivity contribution >= 4 is 35.0 Å². The van der Waals surface area contributed by atoms with Crippen LogP contribution in [-0.4, -0.2) is 33.6 Å². The van der Waals surface area contributed by atoms with E-state index in [1.807, 2.05) is 0 Å². The summed E-state index contributed by atoms with van der Waals surface area (Å²) in [6, 6.07) is 1.04. The SMILES string of the molecule is O=C(O)CC1SC(=NN=Cc2ccc(C(F)(F)F)c(F)c2F)NC1=O. The molecule has 2 N–H and O–H groups in total. The minimum atomic E-state index is -5.04. The fourth-order valence-corrected chi connectivity index (χ4v) is 2.69. The second kappa shape index (κ2) is 7.17. The van der Waals surface area contributed by atoms with Gasteiger partial charge in [0.05, 0.1) is 18.2 Å². The van der Waals surface area contributed by atoms with Crippen molar-refractivity contribution in [2.24, 2.45) is 10.2 Å². The second-order valence-corrected chi connectivity index (χ2v) is 5.86. The van der Waals surface area contributed by atoms with E-state index in [0.717, 1.165) is 11.8 Å². The van der Waals surface area contributed by atoms with Gasteiger partial charge in [0.2, 0.25) is 5.91 Å². The standard InChI is InChI=1S/C13H8F5N3O3S/c14-9-5(1-2-6(10(9)15)13(16,17)18)4-19-21-12-20-11(24)7(25-12)3-8(22)23/h1-2,4,7H,3H2,(H,22,23)(H,20,21,24). The molecule has 0 radical (unpaired) electrons. The number of halogens is 5. The maximum Gasteiger partial charge on any atom is 0.419 e. The summed E-state index contributed by atoms with van der Waals surface area (Å²) >= 11 is 0.774. The van der Waals surface area contributed by atoms with E-state index in [0.29, 0.717) is 18.3 Å². The molecular weight excluding hydrogens is 373 g/mol. The number of carboxylic acid groups (broad SMARTS) is 1. The smallest absolute Gasteiger partial charge is 0.419 e. The van der Waals surface area contributed by atoms with Gasteiger partial charge in [-0.25, -0.2) is 8.78 Å². The van der Waals surface area contributed by atoms with Gasteiger partial charge in [-0.15, -0.1) is 5.10 Å². The Morgan fingerprint density at radius 2 is 2.00 bits per heavy atom. The number of amides is 1. The molecule has 134 valence electrons. The summed E-state index contributed by atoms with van der Waals surface area (Å²) in [6.45, 7) is 0. The number of carboxylic acids is 1. The number of amidine groups is 1. The maximum atomic E-state index is 13.6. The Bertz CT molecular complexity index is 779. The summed E-state index contributed by atoms with van der Waals surface area (Å²) in [4.78, 5) is 22.0. The first-order valence-corrected chi connectivity index (χ1v) is 7.33. The first-order valence-electron chi connectivity index (χ1n) is 6.45. The average Bonchev–Trinajstić information content (AvgIpc) is 2.81. The van der Waals surface area contributed by atoms with Crippen molar-refractivity contribution < 1.29 is 36.6 Å². The molecule has 0 aliphatic carbocycles. The Kier molecular flexibility index (Phi) is 5.40. The third-order valence-corrected chi connectivity index (χ3v) is 3.97. The van der Waals surface area contributed by atoms with Gasteiger partial charge >= 0.3 is 12.1 Å². The van der Waals surface area contributed by atoms with Gasteiger partial charge in [0.1, 0.15) is 5.25 Å². The minimum absolute atomic E-state index is 0.0692. The number of hydrogen-bond acceptors (Lipinski definition) is 5. The fourth-order valence-electron chi connectivity index (χ4n) is 1.77. The Morgan fingerprint density at radius 3 is 2.60 bits per heavy atom. The summed E-state index contributed by atoms with van der Waals surface area (Å²) in [7, 11) is 0. The Hall–Kier alpha value is -2.50. The number of nitrogens with one attached hydrogen (secondary N) is 1. The number of rotatable bonds is 4. The Balaban J connectivity index is 2.14. The van der Waals surface area contributed by atoms with Crippen molar-refractivity contribution in [2.75, 3.05) is 0 Å². The summed E-state index contributed by atoms with van der Waals surface area (Å²) < 4.78 is 64.3. The van der Waals surface area contributed by atoms with Crippen LogP contribution in [0, 0.1) is 11.6 Å². The average molecular weight is 381 g/mol. The predicted octanol–water partition coefficient (Wildman–Crippen LogP) is 2.38. The van der Waals surface area contributed by atoms with Gasteiger partial charge in [0.25, 0.3) is 0 Å². The number of hydrogen-bond donors (Lipinski definition) is 2. The van der Waals surface area contributed by atoms with Crippen molar-refractivity contribution in [3.63, 3.8) is 0 Å². The van der Waals surface area contributed by atoms with E-state index in [9.17, 15) is 31.5 Å². The number of aliphatic carboxylic acids is 1. The number of carbonyl (C=O) groups is 2. The van der Waals surface area contributed by atoms with Gasteiger partial charge in [0.15, 0.2) is 16.8 Å². The van der Waals surface area contributed by atoms with Crippen molar-refractivity contribution in [1.29, 1.82) is 0 Å². The van der Waals surface area contributed by atoms with Crippen LogP contribution in [0.15, 0.2) is 22.3 Å². The number of nitrogens with zero attached hydrogens (tertiary/aromatic N) is 2. The van der Waals surface area contributed by atoms with Crippen molar-refractivity contribution in [3.8, 4) is 0 Å². The highest BCUT2D eigenvalue weighted by Crippen LogP contribution is 2.32. The highest BCUT2D eigenvalue weighted by atomic mass is 32.2. The van der Waals surface area contributed by atoms with E-state index >= 15 is 0 Å². The van der Waals surface area contributed by atoms with Crippen LogP contribution in [0.25, 0.3) is 0 Å². The molecule has 0 saturated carbocycles. The molecule has 1 aliphatic rings. The number of alkyl halides is 3. The fraction of sp³-hybridized carbons (Fsp3) is 0.231. The molecule has 0 aromatic heterocycles. The topological polar surface area (TPSA) is 91.1 Å². The van der Waals surface area contributed by atoms with Crippen LogP contribution < -0.4 is 5.32 Å². The van der Waals surface area contributed by atoms with Crippen molar-refractivity contribution in [2.45, 2.75) is 17.8 Å². The third-order valence-electron chi connectivity index (χ3n) is 2.90. The summed E-state index contributed by atoms with van der Waals surface area (Å²) in [6.07, 6.45) is -4.81. The zero-order valence-corrected chi connectivity index (χ0v) is 12.8. The lowest BCUT2D eigenvalue weighted by Crippen LogP contribution is -2.26. The molecule has 1 amide bonds. The van der Waals surface area contributed by atoms with Crippen LogP contribution in [0.4, 0.5) is 22.0 Å². The molecule has 1 aliphatic heterocycles. The lowest BCUT2D eigenvalue weighted by atomic mass is 10.1. The van der Waals surface area contributed by atoms with Gasteiger partial charge in [-0.2, -0.15) is 18.3 Å². The molecule has 1 unspecified atom stereocenters. The van der Waals surface area contributed by atoms with E-state index in [1.54, 1.807) is 0 Å². The van der Waals surface area contributed by atoms with E-state index < -0.39 is 52.5 Å². The van der Waals surface area contributed by atoms with Crippen LogP contribution in [0.3, 0.4) is 0 Å². The number of benzene rings is 1. The zero-order valence-electron chi connectivity index (χ0n) is 12.0. The quantitative estimate of drug-likeness (QED) is 0.476. The zero-order chi connectivity index (χ0) is 18.8. The third kappa shape index (κ3) is 4.53. The van der Waals surface area contributed by atoms with Gasteiger partial charge in [-0.05, 0) is 12.1 Å². The molecule has 25 heavy (non-hydrogen) atoms. The van der Waals surface area contributed by atoms with E-state index in [2.05, 4.69) is 15.5 Å². The molecule has 0 spiro atoms. The molecule has 12 heteroatoms. The number of carbonyl (C=O) groups excluding carboxylic acids is 1. The van der Waals surface area contributed by atoms with Gasteiger partial charge in [-0.1, -0.05) is 11.8 Å². The van der Waals surface area contributed by atoms with Gasteiger partial charge < -0.3 is 10.4 Å². The molecule has 0 bridgehead atoms. The molecule has 1 aromatic rings. The molecule has 1 fully saturated rings. The second-order valence-electron chi connectivity index (χ2n) is 4.67. The first-order chi connectivity index (χ1) is 11.6. The van der Waals surface area contributed by atoms with Crippen LogP contribution in [0.2, 0.25) is 0 Å². The minimum Gasteiger partial charge on any atom is -0.481 e. The van der Waals surface area contributed by atoms with Crippen LogP contribution in [-0.2, 0) is 15.8 Å². The molecule has 1 heterocycles. The van der Waals surface area contributed by atoms with Gasteiger partial charge in [0, 0.05) is 5.56 Å². The van der Waals surface area contributed by atoms with Crippen LogP contribution in [0.5, 0.6) is 0 Å². The molecule has 2 rings (SSSR count). The molecule has 1 aromatic carbocycles. The lowest BCUT2D eigenvalue weighted by molar-refractivity contribution is -0.140. The Labute approximate surface area is 140 Å². The largest absolute Gasteiger partial charge is 0.481 e. The van der Waals surface area contributed by atoms with Crippen molar-refractivity contribution in [3.05, 3.63) is 34.9 Å². The summed E-state index contributed by atoms with van der Waals surface area (Å²) in [5.74, 6) is -5.60. The lowest BCUT2D eigenvalue weighted by Gasteiger charge is -2.08. The van der Waals surface area contributed by atoms with E-state index in [-0.39, 0.29) is 5.17 Å². The van der Waals surface area contributed by atoms with E-state index in [1.165, 1.54) is 0 Å². The highest BCUT2D eigenvalue weighted by Gasteiger charge is 2.36. The Morgan fingerprint density at radius 1 is 1.32 bits per heavy atom.